The fraction of sp³-hybridized carbons (Fsp3) is 0.125. The zero-order chi connectivity index (χ0) is 13.8. The molecule has 0 aliphatic carbocycles. The molecule has 0 unspecified atom stereocenters. The van der Waals surface area contributed by atoms with Gasteiger partial charge in [-0.1, -0.05) is 18.2 Å². The number of anilines is 1. The predicted molar refractivity (Wildman–Crippen MR) is 81.0 cm³/mol. The van der Waals surface area contributed by atoms with Crippen molar-refractivity contribution in [2.45, 2.75) is 6.42 Å². The lowest BCUT2D eigenvalue weighted by Gasteiger charge is -2.07. The molecule has 0 radical (unpaired) electrons. The van der Waals surface area contributed by atoms with E-state index in [1.807, 2.05) is 42.5 Å². The van der Waals surface area contributed by atoms with Crippen LogP contribution in [0.3, 0.4) is 0 Å². The zero-order valence-electron chi connectivity index (χ0n) is 11.0. The number of nitrogens with zero attached hydrogens (tertiary/aromatic N) is 1. The Balaban J connectivity index is 1.73. The van der Waals surface area contributed by atoms with Gasteiger partial charge < -0.3 is 10.3 Å². The summed E-state index contributed by atoms with van der Waals surface area (Å²) < 4.78 is 0. The third-order valence-corrected chi connectivity index (χ3v) is 3.23. The van der Waals surface area contributed by atoms with Crippen LogP contribution in [0, 0.1) is 0 Å². The van der Waals surface area contributed by atoms with E-state index in [2.05, 4.69) is 15.3 Å². The molecule has 2 heterocycles. The van der Waals surface area contributed by atoms with E-state index in [1.165, 1.54) is 5.56 Å². The van der Waals surface area contributed by atoms with Crippen LogP contribution in [-0.4, -0.2) is 16.5 Å². The second-order valence-corrected chi connectivity index (χ2v) is 4.63. The Kier molecular flexibility index (Phi) is 3.46. The molecule has 0 atom stereocenters. The zero-order valence-corrected chi connectivity index (χ0v) is 11.0. The van der Waals surface area contributed by atoms with Gasteiger partial charge in [0.15, 0.2) is 0 Å². The quantitative estimate of drug-likeness (QED) is 0.762. The minimum absolute atomic E-state index is 0.0606. The summed E-state index contributed by atoms with van der Waals surface area (Å²) in [7, 11) is 0. The molecule has 100 valence electrons. The molecule has 0 saturated carbocycles. The number of nitrogens with one attached hydrogen (secondary N) is 2. The minimum atomic E-state index is -0.0606. The number of pyridine rings is 2. The van der Waals surface area contributed by atoms with Crippen LogP contribution in [0.4, 0.5) is 5.82 Å². The molecule has 0 amide bonds. The highest BCUT2D eigenvalue weighted by Crippen LogP contribution is 2.12. The molecule has 0 aliphatic heterocycles. The maximum Gasteiger partial charge on any atom is 0.257 e. The molecule has 20 heavy (non-hydrogen) atoms. The predicted octanol–water partition coefficient (Wildman–Crippen LogP) is 2.58. The van der Waals surface area contributed by atoms with Crippen molar-refractivity contribution in [3.05, 3.63) is 70.8 Å². The summed E-state index contributed by atoms with van der Waals surface area (Å²) in [6.45, 7) is 0.762. The van der Waals surface area contributed by atoms with E-state index in [9.17, 15) is 4.79 Å². The smallest absolute Gasteiger partial charge is 0.257 e. The molecule has 0 fully saturated rings. The Morgan fingerprint density at radius 1 is 1.10 bits per heavy atom. The van der Waals surface area contributed by atoms with Crippen molar-refractivity contribution >= 4 is 16.6 Å². The van der Waals surface area contributed by atoms with Crippen LogP contribution in [0.1, 0.15) is 5.56 Å². The number of hydrogen-bond donors (Lipinski definition) is 2. The van der Waals surface area contributed by atoms with E-state index in [0.29, 0.717) is 5.39 Å². The van der Waals surface area contributed by atoms with Crippen LogP contribution >= 0.6 is 0 Å². The standard InChI is InChI=1S/C16H15N3O/c20-16-14-4-2-1-3-13(14)11-15(19-16)18-10-7-12-5-8-17-9-6-12/h1-6,8-9,11H,7,10H2,(H2,18,19,20). The lowest BCUT2D eigenvalue weighted by Crippen LogP contribution is -2.12. The first-order valence-electron chi connectivity index (χ1n) is 6.58. The van der Waals surface area contributed by atoms with E-state index in [4.69, 9.17) is 0 Å². The Bertz CT molecular complexity index is 765. The van der Waals surface area contributed by atoms with Crippen molar-refractivity contribution in [1.82, 2.24) is 9.97 Å². The lowest BCUT2D eigenvalue weighted by atomic mass is 10.1. The molecule has 1 aromatic carbocycles. The number of fused-ring (bicyclic) bond motifs is 1. The van der Waals surface area contributed by atoms with Gasteiger partial charge in [0.1, 0.15) is 5.82 Å². The third kappa shape index (κ3) is 2.69. The topological polar surface area (TPSA) is 57.8 Å². The second-order valence-electron chi connectivity index (χ2n) is 4.63. The highest BCUT2D eigenvalue weighted by atomic mass is 16.1. The SMILES string of the molecule is O=c1[nH]c(NCCc2ccncc2)cc2ccccc12. The van der Waals surface area contributed by atoms with E-state index in [1.54, 1.807) is 12.4 Å². The van der Waals surface area contributed by atoms with Crippen LogP contribution in [-0.2, 0) is 6.42 Å². The average molecular weight is 265 g/mol. The number of H-pyrrole nitrogens is 1. The average Bonchev–Trinajstić information content (AvgIpc) is 2.48. The number of rotatable bonds is 4. The molecule has 2 aromatic heterocycles. The van der Waals surface area contributed by atoms with Crippen molar-refractivity contribution in [2.24, 2.45) is 0 Å². The van der Waals surface area contributed by atoms with Gasteiger partial charge in [-0.05, 0) is 41.6 Å². The molecule has 0 bridgehead atoms. The first-order chi connectivity index (χ1) is 9.83. The van der Waals surface area contributed by atoms with Gasteiger partial charge in [-0.15, -0.1) is 0 Å². The van der Waals surface area contributed by atoms with Crippen molar-refractivity contribution in [2.75, 3.05) is 11.9 Å². The van der Waals surface area contributed by atoms with Gasteiger partial charge in [0, 0.05) is 24.3 Å². The van der Waals surface area contributed by atoms with Gasteiger partial charge in [0.25, 0.3) is 5.56 Å². The molecule has 0 spiro atoms. The normalized spacial score (nSPS) is 10.6. The first kappa shape index (κ1) is 12.4. The molecule has 3 aromatic rings. The summed E-state index contributed by atoms with van der Waals surface area (Å²) in [5.41, 5.74) is 1.16. The first-order valence-corrected chi connectivity index (χ1v) is 6.58. The van der Waals surface area contributed by atoms with E-state index < -0.39 is 0 Å². The Morgan fingerprint density at radius 2 is 1.90 bits per heavy atom. The lowest BCUT2D eigenvalue weighted by molar-refractivity contribution is 0.999. The van der Waals surface area contributed by atoms with Crippen LogP contribution in [0.25, 0.3) is 10.8 Å². The summed E-state index contributed by atoms with van der Waals surface area (Å²) in [5, 5.41) is 4.91. The Morgan fingerprint density at radius 3 is 2.75 bits per heavy atom. The van der Waals surface area contributed by atoms with Crippen LogP contribution in [0.2, 0.25) is 0 Å². The monoisotopic (exact) mass is 265 g/mol. The van der Waals surface area contributed by atoms with Crippen molar-refractivity contribution in [1.29, 1.82) is 0 Å². The van der Waals surface area contributed by atoms with Gasteiger partial charge in [0.2, 0.25) is 0 Å². The maximum atomic E-state index is 11.9. The number of hydrogen-bond acceptors (Lipinski definition) is 3. The fourth-order valence-electron chi connectivity index (χ4n) is 2.20. The Labute approximate surface area is 116 Å². The largest absolute Gasteiger partial charge is 0.371 e. The summed E-state index contributed by atoms with van der Waals surface area (Å²) in [6, 6.07) is 13.5. The molecular formula is C16H15N3O. The third-order valence-electron chi connectivity index (χ3n) is 3.23. The number of aromatic nitrogens is 2. The molecule has 4 heteroatoms. The second kappa shape index (κ2) is 5.57. The van der Waals surface area contributed by atoms with Gasteiger partial charge in [0.05, 0.1) is 0 Å². The summed E-state index contributed by atoms with van der Waals surface area (Å²) in [5.74, 6) is 0.753. The highest BCUT2D eigenvalue weighted by molar-refractivity contribution is 5.83. The summed E-state index contributed by atoms with van der Waals surface area (Å²) >= 11 is 0. The number of aromatic amines is 1. The summed E-state index contributed by atoms with van der Waals surface area (Å²) in [4.78, 5) is 18.8. The molecule has 0 aliphatic rings. The molecule has 0 saturated heterocycles. The van der Waals surface area contributed by atoms with E-state index >= 15 is 0 Å². The van der Waals surface area contributed by atoms with Gasteiger partial charge in [-0.3, -0.25) is 9.78 Å². The van der Waals surface area contributed by atoms with Crippen LogP contribution in [0.5, 0.6) is 0 Å². The highest BCUT2D eigenvalue weighted by Gasteiger charge is 2.00. The van der Waals surface area contributed by atoms with Crippen molar-refractivity contribution in [3.8, 4) is 0 Å². The molecule has 4 nitrogen and oxygen atoms in total. The fourth-order valence-corrected chi connectivity index (χ4v) is 2.20. The van der Waals surface area contributed by atoms with Gasteiger partial charge >= 0.3 is 0 Å². The van der Waals surface area contributed by atoms with E-state index in [-0.39, 0.29) is 5.56 Å². The van der Waals surface area contributed by atoms with Gasteiger partial charge in [-0.25, -0.2) is 0 Å². The molecular weight excluding hydrogens is 250 g/mol. The number of benzene rings is 1. The summed E-state index contributed by atoms with van der Waals surface area (Å²) in [6.07, 6.45) is 4.46. The molecule has 3 rings (SSSR count). The van der Waals surface area contributed by atoms with Crippen LogP contribution < -0.4 is 10.9 Å². The van der Waals surface area contributed by atoms with E-state index in [0.717, 1.165) is 24.2 Å². The van der Waals surface area contributed by atoms with Crippen molar-refractivity contribution < 1.29 is 0 Å². The Hall–Kier alpha value is -2.62. The van der Waals surface area contributed by atoms with Crippen LogP contribution in [0.15, 0.2) is 59.7 Å². The van der Waals surface area contributed by atoms with Gasteiger partial charge in [-0.2, -0.15) is 0 Å². The minimum Gasteiger partial charge on any atom is -0.371 e. The molecule has 2 N–H and O–H groups in total. The van der Waals surface area contributed by atoms with Crippen molar-refractivity contribution in [3.63, 3.8) is 0 Å². The maximum absolute atomic E-state index is 11.9.